The summed E-state index contributed by atoms with van der Waals surface area (Å²) in [6.45, 7) is 1.91. The largest absolute Gasteiger partial charge is 0.497 e. The first-order chi connectivity index (χ1) is 9.52. The third-order valence-electron chi connectivity index (χ3n) is 3.02. The third-order valence-corrected chi connectivity index (χ3v) is 3.02. The van der Waals surface area contributed by atoms with Crippen molar-refractivity contribution >= 4 is 11.9 Å². The lowest BCUT2D eigenvalue weighted by molar-refractivity contribution is -0.137. The smallest absolute Gasteiger partial charge is 0.303 e. The molecule has 1 aromatic carbocycles. The molecule has 1 atom stereocenters. The lowest BCUT2D eigenvalue weighted by atomic mass is 10.1. The zero-order valence-corrected chi connectivity index (χ0v) is 11.9. The molecular formula is C15H21NO4. The lowest BCUT2D eigenvalue weighted by Crippen LogP contribution is -2.26. The van der Waals surface area contributed by atoms with Gasteiger partial charge in [0.2, 0.25) is 5.91 Å². The molecule has 0 aromatic heterocycles. The first kappa shape index (κ1) is 16.0. The number of rotatable bonds is 8. The van der Waals surface area contributed by atoms with E-state index in [-0.39, 0.29) is 18.4 Å². The second-order valence-corrected chi connectivity index (χ2v) is 4.67. The SMILES string of the molecule is COc1cccc([C@H](C)NC(=O)CCCCC(=O)O)c1. The second-order valence-electron chi connectivity index (χ2n) is 4.67. The van der Waals surface area contributed by atoms with Crippen molar-refractivity contribution < 1.29 is 19.4 Å². The molecule has 0 spiro atoms. The number of benzene rings is 1. The Morgan fingerprint density at radius 1 is 1.30 bits per heavy atom. The van der Waals surface area contributed by atoms with Crippen molar-refractivity contribution in [3.63, 3.8) is 0 Å². The van der Waals surface area contributed by atoms with Crippen molar-refractivity contribution in [3.05, 3.63) is 29.8 Å². The molecule has 110 valence electrons. The Morgan fingerprint density at radius 3 is 2.65 bits per heavy atom. The standard InChI is InChI=1S/C15H21NO4/c1-11(12-6-5-7-13(10-12)20-2)16-14(17)8-3-4-9-15(18)19/h5-7,10-11H,3-4,8-9H2,1-2H3,(H,16,17)(H,18,19)/t11-/m0/s1. The number of carboxylic acids is 1. The molecule has 1 rings (SSSR count). The van der Waals surface area contributed by atoms with E-state index in [1.165, 1.54) is 0 Å². The average Bonchev–Trinajstić information content (AvgIpc) is 2.43. The minimum Gasteiger partial charge on any atom is -0.497 e. The van der Waals surface area contributed by atoms with Crippen LogP contribution < -0.4 is 10.1 Å². The van der Waals surface area contributed by atoms with E-state index in [0.717, 1.165) is 11.3 Å². The number of nitrogens with one attached hydrogen (secondary N) is 1. The summed E-state index contributed by atoms with van der Waals surface area (Å²) in [5.41, 5.74) is 0.975. The molecule has 0 saturated carbocycles. The second kappa shape index (κ2) is 8.19. The van der Waals surface area contributed by atoms with Crippen molar-refractivity contribution in [1.82, 2.24) is 5.32 Å². The Morgan fingerprint density at radius 2 is 2.00 bits per heavy atom. The van der Waals surface area contributed by atoms with Gasteiger partial charge in [0.25, 0.3) is 0 Å². The molecule has 0 aliphatic rings. The summed E-state index contributed by atoms with van der Waals surface area (Å²) in [6.07, 6.45) is 1.57. The summed E-state index contributed by atoms with van der Waals surface area (Å²) in [5.74, 6) is -0.133. The first-order valence-electron chi connectivity index (χ1n) is 6.68. The monoisotopic (exact) mass is 279 g/mol. The highest BCUT2D eigenvalue weighted by atomic mass is 16.5. The van der Waals surface area contributed by atoms with Gasteiger partial charge < -0.3 is 15.2 Å². The van der Waals surface area contributed by atoms with E-state index in [1.807, 2.05) is 31.2 Å². The van der Waals surface area contributed by atoms with Gasteiger partial charge in [0.15, 0.2) is 0 Å². The number of carbonyl (C=O) groups excluding carboxylic acids is 1. The highest BCUT2D eigenvalue weighted by molar-refractivity contribution is 5.76. The van der Waals surface area contributed by atoms with E-state index in [9.17, 15) is 9.59 Å². The van der Waals surface area contributed by atoms with Crippen LogP contribution in [0.5, 0.6) is 5.75 Å². The number of methoxy groups -OCH3 is 1. The maximum Gasteiger partial charge on any atom is 0.303 e. The molecule has 5 nitrogen and oxygen atoms in total. The summed E-state index contributed by atoms with van der Waals surface area (Å²) >= 11 is 0. The lowest BCUT2D eigenvalue weighted by Gasteiger charge is -2.15. The van der Waals surface area contributed by atoms with Crippen LogP contribution in [0.3, 0.4) is 0 Å². The Hall–Kier alpha value is -2.04. The fraction of sp³-hybridized carbons (Fsp3) is 0.467. The van der Waals surface area contributed by atoms with Gasteiger partial charge in [-0.1, -0.05) is 12.1 Å². The van der Waals surface area contributed by atoms with Crippen LogP contribution >= 0.6 is 0 Å². The zero-order chi connectivity index (χ0) is 15.0. The van der Waals surface area contributed by atoms with Crippen molar-refractivity contribution in [2.75, 3.05) is 7.11 Å². The summed E-state index contributed by atoms with van der Waals surface area (Å²) in [6, 6.07) is 7.44. The number of hydrogen-bond acceptors (Lipinski definition) is 3. The van der Waals surface area contributed by atoms with Crippen LogP contribution in [0, 0.1) is 0 Å². The average molecular weight is 279 g/mol. The molecule has 0 radical (unpaired) electrons. The number of aliphatic carboxylic acids is 1. The molecule has 0 heterocycles. The van der Waals surface area contributed by atoms with Crippen LogP contribution in [-0.4, -0.2) is 24.1 Å². The fourth-order valence-corrected chi connectivity index (χ4v) is 1.87. The number of unbranched alkanes of at least 4 members (excludes halogenated alkanes) is 1. The molecule has 20 heavy (non-hydrogen) atoms. The Kier molecular flexibility index (Phi) is 6.56. The van der Waals surface area contributed by atoms with Gasteiger partial charge in [-0.25, -0.2) is 0 Å². The van der Waals surface area contributed by atoms with Gasteiger partial charge in [-0.3, -0.25) is 9.59 Å². The van der Waals surface area contributed by atoms with E-state index in [1.54, 1.807) is 7.11 Å². The van der Waals surface area contributed by atoms with Crippen LogP contribution in [0.15, 0.2) is 24.3 Å². The quantitative estimate of drug-likeness (QED) is 0.717. The van der Waals surface area contributed by atoms with E-state index >= 15 is 0 Å². The molecule has 2 N–H and O–H groups in total. The molecule has 0 bridgehead atoms. The number of carbonyl (C=O) groups is 2. The summed E-state index contributed by atoms with van der Waals surface area (Å²) in [5, 5.41) is 11.4. The maximum absolute atomic E-state index is 11.7. The highest BCUT2D eigenvalue weighted by Gasteiger charge is 2.10. The van der Waals surface area contributed by atoms with E-state index < -0.39 is 5.97 Å². The van der Waals surface area contributed by atoms with E-state index in [0.29, 0.717) is 19.3 Å². The van der Waals surface area contributed by atoms with Crippen molar-refractivity contribution in [2.24, 2.45) is 0 Å². The summed E-state index contributed by atoms with van der Waals surface area (Å²) in [4.78, 5) is 22.1. The molecular weight excluding hydrogens is 258 g/mol. The normalized spacial score (nSPS) is 11.7. The molecule has 1 aromatic rings. The predicted molar refractivity (Wildman–Crippen MR) is 75.7 cm³/mol. The third kappa shape index (κ3) is 5.73. The minimum absolute atomic E-state index is 0.0642. The fourth-order valence-electron chi connectivity index (χ4n) is 1.87. The molecule has 0 saturated heterocycles. The Labute approximate surface area is 118 Å². The van der Waals surface area contributed by atoms with E-state index in [4.69, 9.17) is 9.84 Å². The van der Waals surface area contributed by atoms with Gasteiger partial charge in [-0.2, -0.15) is 0 Å². The Balaban J connectivity index is 2.38. The van der Waals surface area contributed by atoms with E-state index in [2.05, 4.69) is 5.32 Å². The topological polar surface area (TPSA) is 75.6 Å². The van der Waals surface area contributed by atoms with Crippen LogP contribution in [0.25, 0.3) is 0 Å². The van der Waals surface area contributed by atoms with Crippen LogP contribution in [-0.2, 0) is 9.59 Å². The van der Waals surface area contributed by atoms with Gasteiger partial charge >= 0.3 is 5.97 Å². The number of ether oxygens (including phenoxy) is 1. The molecule has 0 aliphatic carbocycles. The van der Waals surface area contributed by atoms with Crippen molar-refractivity contribution in [3.8, 4) is 5.75 Å². The summed E-state index contributed by atoms with van der Waals surface area (Å²) < 4.78 is 5.14. The molecule has 1 amide bonds. The van der Waals surface area contributed by atoms with Crippen LogP contribution in [0.2, 0.25) is 0 Å². The number of hydrogen-bond donors (Lipinski definition) is 2. The van der Waals surface area contributed by atoms with Crippen LogP contribution in [0.1, 0.15) is 44.2 Å². The zero-order valence-electron chi connectivity index (χ0n) is 11.9. The highest BCUT2D eigenvalue weighted by Crippen LogP contribution is 2.18. The van der Waals surface area contributed by atoms with Gasteiger partial charge in [0, 0.05) is 12.8 Å². The molecule has 0 aliphatic heterocycles. The molecule has 5 heteroatoms. The number of carboxylic acid groups (broad SMARTS) is 1. The predicted octanol–water partition coefficient (Wildman–Crippen LogP) is 2.52. The van der Waals surface area contributed by atoms with Gasteiger partial charge in [0.05, 0.1) is 13.2 Å². The van der Waals surface area contributed by atoms with Gasteiger partial charge in [-0.15, -0.1) is 0 Å². The number of amides is 1. The Bertz CT molecular complexity index is 459. The van der Waals surface area contributed by atoms with Gasteiger partial charge in [-0.05, 0) is 37.5 Å². The molecule has 0 unspecified atom stereocenters. The van der Waals surface area contributed by atoms with Crippen LogP contribution in [0.4, 0.5) is 0 Å². The maximum atomic E-state index is 11.7. The van der Waals surface area contributed by atoms with Gasteiger partial charge in [0.1, 0.15) is 5.75 Å². The molecule has 0 fully saturated rings. The first-order valence-corrected chi connectivity index (χ1v) is 6.68. The summed E-state index contributed by atoms with van der Waals surface area (Å²) in [7, 11) is 1.60. The van der Waals surface area contributed by atoms with Crippen molar-refractivity contribution in [1.29, 1.82) is 0 Å². The minimum atomic E-state index is -0.824. The van der Waals surface area contributed by atoms with Crippen molar-refractivity contribution in [2.45, 2.75) is 38.6 Å².